The minimum atomic E-state index is -0.269. The van der Waals surface area contributed by atoms with E-state index >= 15 is 0 Å². The minimum absolute atomic E-state index is 0.269. The molecule has 0 radical (unpaired) electrons. The van der Waals surface area contributed by atoms with Crippen molar-refractivity contribution < 1.29 is 4.39 Å². The van der Waals surface area contributed by atoms with Crippen LogP contribution in [0.3, 0.4) is 0 Å². The topological polar surface area (TPSA) is 38.9 Å². The second-order valence-corrected chi connectivity index (χ2v) is 4.47. The number of pyridine rings is 1. The fourth-order valence-corrected chi connectivity index (χ4v) is 1.81. The molecule has 2 N–H and O–H groups in total. The number of hydrogen-bond donors (Lipinski definition) is 1. The molecule has 0 bridgehead atoms. The van der Waals surface area contributed by atoms with E-state index in [2.05, 4.69) is 20.9 Å². The molecule has 1 aromatic heterocycles. The number of aryl methyl sites for hydroxylation is 1. The quantitative estimate of drug-likeness (QED) is 0.868. The van der Waals surface area contributed by atoms with Crippen LogP contribution in [0, 0.1) is 12.7 Å². The third-order valence-corrected chi connectivity index (χ3v) is 2.85. The molecule has 1 aromatic carbocycles. The second kappa shape index (κ2) is 4.22. The summed E-state index contributed by atoms with van der Waals surface area (Å²) in [5.41, 5.74) is 7.71. The van der Waals surface area contributed by atoms with Gasteiger partial charge < -0.3 is 5.73 Å². The van der Waals surface area contributed by atoms with Crippen LogP contribution in [0.15, 0.2) is 34.9 Å². The Hall–Kier alpha value is -1.42. The number of aromatic nitrogens is 1. The van der Waals surface area contributed by atoms with Gasteiger partial charge in [-0.1, -0.05) is 15.9 Å². The summed E-state index contributed by atoms with van der Waals surface area (Å²) in [5, 5.41) is 0. The van der Waals surface area contributed by atoms with E-state index in [-0.39, 0.29) is 5.82 Å². The molecule has 4 heteroatoms. The summed E-state index contributed by atoms with van der Waals surface area (Å²) in [4.78, 5) is 4.02. The van der Waals surface area contributed by atoms with Crippen LogP contribution in [0.5, 0.6) is 0 Å². The molecule has 0 spiro atoms. The normalized spacial score (nSPS) is 10.4. The van der Waals surface area contributed by atoms with E-state index in [9.17, 15) is 4.39 Å². The summed E-state index contributed by atoms with van der Waals surface area (Å²) < 4.78 is 14.4. The molecular weight excluding hydrogens is 271 g/mol. The maximum atomic E-state index is 13.6. The van der Waals surface area contributed by atoms with Gasteiger partial charge >= 0.3 is 0 Å². The lowest BCUT2D eigenvalue weighted by molar-refractivity contribution is 0.631. The Bertz CT molecular complexity index is 541. The van der Waals surface area contributed by atoms with Gasteiger partial charge in [-0.2, -0.15) is 0 Å². The van der Waals surface area contributed by atoms with E-state index in [0.717, 1.165) is 15.6 Å². The lowest BCUT2D eigenvalue weighted by Crippen LogP contribution is -1.94. The average molecular weight is 281 g/mol. The van der Waals surface area contributed by atoms with Gasteiger partial charge in [0.25, 0.3) is 0 Å². The first-order chi connectivity index (χ1) is 7.58. The van der Waals surface area contributed by atoms with Crippen molar-refractivity contribution in [3.8, 4) is 11.1 Å². The van der Waals surface area contributed by atoms with Crippen LogP contribution in [0.4, 0.5) is 10.2 Å². The first-order valence-corrected chi connectivity index (χ1v) is 5.55. The molecule has 2 nitrogen and oxygen atoms in total. The van der Waals surface area contributed by atoms with E-state index < -0.39 is 0 Å². The van der Waals surface area contributed by atoms with Gasteiger partial charge in [0, 0.05) is 21.8 Å². The molecule has 0 aliphatic rings. The van der Waals surface area contributed by atoms with Crippen molar-refractivity contribution in [3.63, 3.8) is 0 Å². The third kappa shape index (κ3) is 2.07. The molecule has 82 valence electrons. The second-order valence-electron chi connectivity index (χ2n) is 3.55. The van der Waals surface area contributed by atoms with Gasteiger partial charge in [0.15, 0.2) is 0 Å². The first kappa shape index (κ1) is 11.1. The van der Waals surface area contributed by atoms with Crippen LogP contribution in [0.2, 0.25) is 0 Å². The van der Waals surface area contributed by atoms with Crippen molar-refractivity contribution >= 4 is 21.7 Å². The molecule has 0 aliphatic heterocycles. The molecule has 0 fully saturated rings. The zero-order valence-corrected chi connectivity index (χ0v) is 10.3. The first-order valence-electron chi connectivity index (χ1n) is 4.75. The smallest absolute Gasteiger partial charge is 0.131 e. The lowest BCUT2D eigenvalue weighted by Gasteiger charge is -2.06. The highest BCUT2D eigenvalue weighted by Gasteiger charge is 2.07. The van der Waals surface area contributed by atoms with Gasteiger partial charge in [-0.05, 0) is 36.8 Å². The van der Waals surface area contributed by atoms with Crippen molar-refractivity contribution in [2.45, 2.75) is 6.92 Å². The predicted octanol–water partition coefficient (Wildman–Crippen LogP) is 3.54. The molecule has 1 heterocycles. The van der Waals surface area contributed by atoms with Gasteiger partial charge in [-0.15, -0.1) is 0 Å². The van der Waals surface area contributed by atoms with Gasteiger partial charge in [-0.25, -0.2) is 9.37 Å². The molecule has 0 aliphatic carbocycles. The lowest BCUT2D eigenvalue weighted by atomic mass is 10.1. The number of nitrogens with two attached hydrogens (primary N) is 1. The number of nitrogen functional groups attached to an aromatic ring is 1. The highest BCUT2D eigenvalue weighted by atomic mass is 79.9. The highest BCUT2D eigenvalue weighted by Crippen LogP contribution is 2.27. The average Bonchev–Trinajstić information content (AvgIpc) is 2.26. The summed E-state index contributed by atoms with van der Waals surface area (Å²) in [6, 6.07) is 6.64. The molecule has 16 heavy (non-hydrogen) atoms. The van der Waals surface area contributed by atoms with Crippen molar-refractivity contribution in [1.29, 1.82) is 0 Å². The van der Waals surface area contributed by atoms with Crippen LogP contribution in [0.25, 0.3) is 11.1 Å². The van der Waals surface area contributed by atoms with Crippen LogP contribution >= 0.6 is 15.9 Å². The molecule has 0 amide bonds. The number of halogens is 2. The van der Waals surface area contributed by atoms with Crippen molar-refractivity contribution in [2.24, 2.45) is 0 Å². The number of rotatable bonds is 1. The van der Waals surface area contributed by atoms with E-state index in [4.69, 9.17) is 5.73 Å². The Balaban J connectivity index is 2.58. The SMILES string of the molecule is Cc1cc(-c2cc(Br)ccc2F)cnc1N. The molecule has 0 atom stereocenters. The van der Waals surface area contributed by atoms with E-state index in [1.807, 2.05) is 13.0 Å². The van der Waals surface area contributed by atoms with Gasteiger partial charge in [-0.3, -0.25) is 0 Å². The Kier molecular flexibility index (Phi) is 2.92. The van der Waals surface area contributed by atoms with Gasteiger partial charge in [0.05, 0.1) is 0 Å². The number of nitrogens with zero attached hydrogens (tertiary/aromatic N) is 1. The highest BCUT2D eigenvalue weighted by molar-refractivity contribution is 9.10. The van der Waals surface area contributed by atoms with E-state index in [0.29, 0.717) is 11.4 Å². The van der Waals surface area contributed by atoms with Gasteiger partial charge in [0.2, 0.25) is 0 Å². The fourth-order valence-electron chi connectivity index (χ4n) is 1.45. The maximum Gasteiger partial charge on any atom is 0.131 e. The fraction of sp³-hybridized carbons (Fsp3) is 0.0833. The van der Waals surface area contributed by atoms with Crippen molar-refractivity contribution in [2.75, 3.05) is 5.73 Å². The Labute approximate surface area is 101 Å². The summed E-state index contributed by atoms with van der Waals surface area (Å²) in [5.74, 6) is 0.202. The number of benzene rings is 1. The van der Waals surface area contributed by atoms with E-state index in [1.54, 1.807) is 18.3 Å². The maximum absolute atomic E-state index is 13.6. The zero-order valence-electron chi connectivity index (χ0n) is 8.67. The van der Waals surface area contributed by atoms with E-state index in [1.165, 1.54) is 6.07 Å². The van der Waals surface area contributed by atoms with Crippen molar-refractivity contribution in [1.82, 2.24) is 4.98 Å². The summed E-state index contributed by atoms with van der Waals surface area (Å²) in [6.07, 6.45) is 1.58. The zero-order chi connectivity index (χ0) is 11.7. The largest absolute Gasteiger partial charge is 0.383 e. The molecule has 0 unspecified atom stereocenters. The predicted molar refractivity (Wildman–Crippen MR) is 66.5 cm³/mol. The molecule has 2 aromatic rings. The number of hydrogen-bond acceptors (Lipinski definition) is 2. The molecule has 0 saturated carbocycles. The van der Waals surface area contributed by atoms with Crippen LogP contribution in [-0.2, 0) is 0 Å². The number of anilines is 1. The Morgan fingerprint density at radius 1 is 1.31 bits per heavy atom. The third-order valence-electron chi connectivity index (χ3n) is 2.36. The molecule has 0 saturated heterocycles. The monoisotopic (exact) mass is 280 g/mol. The minimum Gasteiger partial charge on any atom is -0.383 e. The summed E-state index contributed by atoms with van der Waals surface area (Å²) >= 11 is 3.31. The molecule has 2 rings (SSSR count). The molecular formula is C12H10BrFN2. The Morgan fingerprint density at radius 2 is 2.06 bits per heavy atom. The summed E-state index contributed by atoms with van der Waals surface area (Å²) in [6.45, 7) is 1.85. The Morgan fingerprint density at radius 3 is 2.75 bits per heavy atom. The van der Waals surface area contributed by atoms with Crippen LogP contribution in [-0.4, -0.2) is 4.98 Å². The van der Waals surface area contributed by atoms with Crippen LogP contribution < -0.4 is 5.73 Å². The standard InChI is InChI=1S/C12H10BrFN2/c1-7-4-8(6-16-12(7)15)10-5-9(13)2-3-11(10)14/h2-6H,1H3,(H2,15,16). The summed E-state index contributed by atoms with van der Waals surface area (Å²) in [7, 11) is 0. The van der Waals surface area contributed by atoms with Gasteiger partial charge in [0.1, 0.15) is 11.6 Å². The van der Waals surface area contributed by atoms with Crippen LogP contribution in [0.1, 0.15) is 5.56 Å². The van der Waals surface area contributed by atoms with Crippen molar-refractivity contribution in [3.05, 3.63) is 46.3 Å².